The van der Waals surface area contributed by atoms with Gasteiger partial charge < -0.3 is 19.7 Å². The average molecular weight is 392 g/mol. The Morgan fingerprint density at radius 3 is 2.38 bits per heavy atom. The van der Waals surface area contributed by atoms with Crippen LogP contribution in [0.1, 0.15) is 28.0 Å². The van der Waals surface area contributed by atoms with E-state index in [-0.39, 0.29) is 12.3 Å². The van der Waals surface area contributed by atoms with Crippen molar-refractivity contribution in [2.75, 3.05) is 14.2 Å². The lowest BCUT2D eigenvalue weighted by molar-refractivity contribution is -0.136. The molecule has 0 bridgehead atoms. The number of hydrogen-bond acceptors (Lipinski definition) is 3. The van der Waals surface area contributed by atoms with Gasteiger partial charge in [-0.1, -0.05) is 0 Å². The van der Waals surface area contributed by atoms with Crippen molar-refractivity contribution in [2.45, 2.75) is 19.8 Å². The Labute approximate surface area is 169 Å². The van der Waals surface area contributed by atoms with Crippen LogP contribution in [-0.4, -0.2) is 35.7 Å². The molecule has 2 aromatic carbocycles. The Hall–Kier alpha value is -3.54. The summed E-state index contributed by atoms with van der Waals surface area (Å²) in [6, 6.07) is 17.2. The molecule has 0 atom stereocenters. The van der Waals surface area contributed by atoms with E-state index < -0.39 is 5.97 Å². The Kier molecular flexibility index (Phi) is 6.02. The average Bonchev–Trinajstić information content (AvgIpc) is 3.15. The fourth-order valence-corrected chi connectivity index (χ4v) is 3.37. The van der Waals surface area contributed by atoms with Crippen molar-refractivity contribution < 1.29 is 19.4 Å². The van der Waals surface area contributed by atoms with Gasteiger partial charge in [0.05, 0.1) is 19.2 Å². The summed E-state index contributed by atoms with van der Waals surface area (Å²) < 4.78 is 7.31. The first-order chi connectivity index (χ1) is 13.9. The third-order valence-corrected chi connectivity index (χ3v) is 4.87. The lowest BCUT2D eigenvalue weighted by Crippen LogP contribution is -2.18. The molecule has 1 aromatic heterocycles. The molecule has 1 amide bonds. The third kappa shape index (κ3) is 4.32. The predicted octanol–water partition coefficient (Wildman–Crippen LogP) is 3.84. The maximum absolute atomic E-state index is 12.0. The van der Waals surface area contributed by atoms with Crippen LogP contribution in [0.25, 0.3) is 16.9 Å². The maximum atomic E-state index is 12.0. The minimum atomic E-state index is -0.838. The molecule has 0 aliphatic heterocycles. The predicted molar refractivity (Wildman–Crippen MR) is 112 cm³/mol. The van der Waals surface area contributed by atoms with Crippen LogP contribution in [0.2, 0.25) is 0 Å². The number of methoxy groups -OCH3 is 1. The smallest absolute Gasteiger partial charge is 0.303 e. The summed E-state index contributed by atoms with van der Waals surface area (Å²) in [4.78, 5) is 23.1. The van der Waals surface area contributed by atoms with E-state index in [1.165, 1.54) is 0 Å². The fourth-order valence-electron chi connectivity index (χ4n) is 3.37. The number of aryl methyl sites for hydroxylation is 2. The van der Waals surface area contributed by atoms with E-state index in [0.717, 1.165) is 34.0 Å². The van der Waals surface area contributed by atoms with E-state index in [1.54, 1.807) is 20.2 Å². The van der Waals surface area contributed by atoms with E-state index in [9.17, 15) is 9.59 Å². The van der Waals surface area contributed by atoms with Crippen LogP contribution < -0.4 is 10.1 Å². The number of rotatable bonds is 7. The van der Waals surface area contributed by atoms with Gasteiger partial charge in [0.15, 0.2) is 0 Å². The van der Waals surface area contributed by atoms with Crippen LogP contribution in [0.15, 0.2) is 54.6 Å². The van der Waals surface area contributed by atoms with Crippen molar-refractivity contribution in [3.63, 3.8) is 0 Å². The topological polar surface area (TPSA) is 80.6 Å². The molecule has 0 saturated carbocycles. The van der Waals surface area contributed by atoms with Crippen LogP contribution in [-0.2, 0) is 11.2 Å². The largest absolute Gasteiger partial charge is 0.497 e. The van der Waals surface area contributed by atoms with Gasteiger partial charge >= 0.3 is 5.97 Å². The number of nitrogens with zero attached hydrogens (tertiary/aromatic N) is 1. The lowest BCUT2D eigenvalue weighted by Gasteiger charge is -2.17. The van der Waals surface area contributed by atoms with Gasteiger partial charge in [0.25, 0.3) is 5.91 Å². The summed E-state index contributed by atoms with van der Waals surface area (Å²) in [6.07, 6.45) is 0.448. The Balaban J connectivity index is 2.12. The molecule has 3 aromatic rings. The van der Waals surface area contributed by atoms with E-state index >= 15 is 0 Å². The third-order valence-electron chi connectivity index (χ3n) is 4.87. The molecule has 1 heterocycles. The highest BCUT2D eigenvalue weighted by molar-refractivity contribution is 5.94. The highest BCUT2D eigenvalue weighted by atomic mass is 16.5. The molecule has 150 valence electrons. The number of benzene rings is 2. The number of aliphatic carboxylic acids is 1. The quantitative estimate of drug-likeness (QED) is 0.640. The summed E-state index contributed by atoms with van der Waals surface area (Å²) in [6.45, 7) is 1.94. The Bertz CT molecular complexity index is 1040. The summed E-state index contributed by atoms with van der Waals surface area (Å²) in [5, 5.41) is 11.8. The summed E-state index contributed by atoms with van der Waals surface area (Å²) in [5.41, 5.74) is 5.25. The molecule has 6 heteroatoms. The van der Waals surface area contributed by atoms with Gasteiger partial charge in [0.2, 0.25) is 0 Å². The normalized spacial score (nSPS) is 10.6. The summed E-state index contributed by atoms with van der Waals surface area (Å²) in [5.74, 6) is -0.215. The van der Waals surface area contributed by atoms with Gasteiger partial charge in [0, 0.05) is 24.0 Å². The maximum Gasteiger partial charge on any atom is 0.303 e. The monoisotopic (exact) mass is 392 g/mol. The van der Waals surface area contributed by atoms with Gasteiger partial charge in [-0.2, -0.15) is 0 Å². The molecule has 3 rings (SSSR count). The zero-order chi connectivity index (χ0) is 21.0. The minimum Gasteiger partial charge on any atom is -0.497 e. The van der Waals surface area contributed by atoms with Crippen LogP contribution in [0, 0.1) is 6.92 Å². The number of carboxylic acid groups (broad SMARTS) is 1. The second kappa shape index (κ2) is 8.65. The van der Waals surface area contributed by atoms with Crippen LogP contribution in [0.4, 0.5) is 0 Å². The van der Waals surface area contributed by atoms with Crippen LogP contribution in [0.5, 0.6) is 5.75 Å². The van der Waals surface area contributed by atoms with Gasteiger partial charge in [-0.05, 0) is 79.1 Å². The van der Waals surface area contributed by atoms with Crippen molar-refractivity contribution >= 4 is 11.9 Å². The van der Waals surface area contributed by atoms with Crippen molar-refractivity contribution in [2.24, 2.45) is 0 Å². The van der Waals surface area contributed by atoms with Crippen molar-refractivity contribution in [1.29, 1.82) is 0 Å². The number of carbonyl (C=O) groups is 2. The molecule has 2 N–H and O–H groups in total. The first kappa shape index (κ1) is 20.2. The molecule has 6 nitrogen and oxygen atoms in total. The van der Waals surface area contributed by atoms with Gasteiger partial charge in [-0.25, -0.2) is 0 Å². The molecule has 0 unspecified atom stereocenters. The van der Waals surface area contributed by atoms with E-state index in [1.807, 2.05) is 55.5 Å². The van der Waals surface area contributed by atoms with E-state index in [2.05, 4.69) is 9.88 Å². The molecular weight excluding hydrogens is 368 g/mol. The first-order valence-electron chi connectivity index (χ1n) is 9.34. The fraction of sp³-hybridized carbons (Fsp3) is 0.217. The minimum absolute atomic E-state index is 0.0431. The lowest BCUT2D eigenvalue weighted by atomic mass is 10.1. The second-order valence-electron chi connectivity index (χ2n) is 6.75. The molecule has 0 radical (unpaired) electrons. The molecular formula is C23H24N2O4. The standard InChI is InChI=1S/C23H24N2O4/c1-15-14-17(23(28)24-2)6-11-20(15)25-18(8-13-22(26)27)7-12-21(25)16-4-9-19(29-3)10-5-16/h4-7,9-12,14H,8,13H2,1-3H3,(H,24,28)(H,26,27). The number of carbonyl (C=O) groups excluding carboxylic acids is 1. The Morgan fingerprint density at radius 1 is 1.07 bits per heavy atom. The zero-order valence-corrected chi connectivity index (χ0v) is 16.7. The summed E-state index contributed by atoms with van der Waals surface area (Å²) in [7, 11) is 3.22. The van der Waals surface area contributed by atoms with E-state index in [4.69, 9.17) is 9.84 Å². The van der Waals surface area contributed by atoms with Crippen molar-refractivity contribution in [3.8, 4) is 22.7 Å². The first-order valence-corrected chi connectivity index (χ1v) is 9.34. The number of ether oxygens (including phenoxy) is 1. The highest BCUT2D eigenvalue weighted by Crippen LogP contribution is 2.30. The van der Waals surface area contributed by atoms with Gasteiger partial charge in [-0.15, -0.1) is 0 Å². The SMILES string of the molecule is CNC(=O)c1ccc(-n2c(CCC(=O)O)ccc2-c2ccc(OC)cc2)c(C)c1. The van der Waals surface area contributed by atoms with Crippen LogP contribution >= 0.6 is 0 Å². The molecule has 0 saturated heterocycles. The number of aromatic nitrogens is 1. The van der Waals surface area contributed by atoms with Gasteiger partial charge in [-0.3, -0.25) is 9.59 Å². The number of amides is 1. The van der Waals surface area contributed by atoms with Crippen molar-refractivity contribution in [1.82, 2.24) is 9.88 Å². The molecule has 0 spiro atoms. The molecule has 0 fully saturated rings. The second-order valence-corrected chi connectivity index (χ2v) is 6.75. The van der Waals surface area contributed by atoms with Crippen molar-refractivity contribution in [3.05, 3.63) is 71.4 Å². The summed E-state index contributed by atoms with van der Waals surface area (Å²) >= 11 is 0. The molecule has 29 heavy (non-hydrogen) atoms. The van der Waals surface area contributed by atoms with Crippen LogP contribution in [0.3, 0.4) is 0 Å². The number of carboxylic acids is 1. The van der Waals surface area contributed by atoms with Gasteiger partial charge in [0.1, 0.15) is 5.75 Å². The number of nitrogens with one attached hydrogen (secondary N) is 1. The van der Waals surface area contributed by atoms with E-state index in [0.29, 0.717) is 12.0 Å². The molecule has 0 aliphatic carbocycles. The highest BCUT2D eigenvalue weighted by Gasteiger charge is 2.16. The number of hydrogen-bond donors (Lipinski definition) is 2. The molecule has 0 aliphatic rings. The Morgan fingerprint density at radius 2 is 1.79 bits per heavy atom. The zero-order valence-electron chi connectivity index (χ0n) is 16.7.